The molecule has 0 saturated carbocycles. The van der Waals surface area contributed by atoms with Crippen molar-refractivity contribution in [2.75, 3.05) is 13.1 Å². The van der Waals surface area contributed by atoms with Crippen molar-refractivity contribution in [3.63, 3.8) is 0 Å². The second-order valence-corrected chi connectivity index (χ2v) is 2.92. The van der Waals surface area contributed by atoms with E-state index in [-0.39, 0.29) is 25.2 Å². The molecule has 5 heteroatoms. The Balaban J connectivity index is 0.00000121. The number of rotatable bonds is 0. The van der Waals surface area contributed by atoms with Crippen molar-refractivity contribution >= 4 is 12.4 Å². The summed E-state index contributed by atoms with van der Waals surface area (Å²) < 4.78 is 36.3. The van der Waals surface area contributed by atoms with Gasteiger partial charge in [0, 0.05) is 0 Å². The highest BCUT2D eigenvalue weighted by atomic mass is 35.5. The van der Waals surface area contributed by atoms with Crippen LogP contribution in [-0.4, -0.2) is 19.3 Å². The third-order valence-electron chi connectivity index (χ3n) is 2.04. The number of alkyl halides is 3. The number of hydrogen-bond acceptors (Lipinski definition) is 1. The number of halogens is 4. The molecule has 0 spiro atoms. The highest BCUT2D eigenvalue weighted by molar-refractivity contribution is 5.85. The monoisotopic (exact) mass is 203 g/mol. The topological polar surface area (TPSA) is 12.0 Å². The van der Waals surface area contributed by atoms with Gasteiger partial charge in [0.1, 0.15) is 0 Å². The Kier molecular flexibility index (Phi) is 4.94. The first-order chi connectivity index (χ1) is 5.11. The molecule has 74 valence electrons. The molecule has 1 atom stereocenters. The Labute approximate surface area is 76.1 Å². The molecule has 1 aliphatic heterocycles. The van der Waals surface area contributed by atoms with E-state index >= 15 is 0 Å². The Morgan fingerprint density at radius 3 is 2.33 bits per heavy atom. The molecule has 1 aliphatic rings. The maximum atomic E-state index is 12.1. The second-order valence-electron chi connectivity index (χ2n) is 2.92. The summed E-state index contributed by atoms with van der Waals surface area (Å²) in [5.74, 6) is -1.07. The summed E-state index contributed by atoms with van der Waals surface area (Å²) in [7, 11) is 0. The van der Waals surface area contributed by atoms with Gasteiger partial charge in [0.05, 0.1) is 5.92 Å². The molecule has 0 amide bonds. The van der Waals surface area contributed by atoms with Gasteiger partial charge in [0.25, 0.3) is 0 Å². The maximum Gasteiger partial charge on any atom is 0.391 e. The van der Waals surface area contributed by atoms with Crippen LogP contribution < -0.4 is 5.32 Å². The molecule has 1 saturated heterocycles. The van der Waals surface area contributed by atoms with E-state index < -0.39 is 12.1 Å². The summed E-state index contributed by atoms with van der Waals surface area (Å²) >= 11 is 0. The highest BCUT2D eigenvalue weighted by Crippen LogP contribution is 2.32. The lowest BCUT2D eigenvalue weighted by Crippen LogP contribution is -2.23. The first-order valence-electron chi connectivity index (χ1n) is 3.88. The van der Waals surface area contributed by atoms with Crippen LogP contribution in [0.2, 0.25) is 0 Å². The predicted molar refractivity (Wildman–Crippen MR) is 43.5 cm³/mol. The fourth-order valence-electron chi connectivity index (χ4n) is 1.35. The molecule has 0 aliphatic carbocycles. The van der Waals surface area contributed by atoms with Crippen LogP contribution in [0.5, 0.6) is 0 Å². The second kappa shape index (κ2) is 4.92. The minimum absolute atomic E-state index is 0. The van der Waals surface area contributed by atoms with Gasteiger partial charge in [-0.25, -0.2) is 0 Å². The van der Waals surface area contributed by atoms with Gasteiger partial charge in [-0.3, -0.25) is 0 Å². The molecule has 0 aromatic rings. The average Bonchev–Trinajstić information content (AvgIpc) is 2.10. The third kappa shape index (κ3) is 3.63. The first-order valence-corrected chi connectivity index (χ1v) is 3.88. The molecule has 12 heavy (non-hydrogen) atoms. The van der Waals surface area contributed by atoms with Crippen LogP contribution in [0.15, 0.2) is 0 Å². The zero-order valence-corrected chi connectivity index (χ0v) is 7.47. The van der Waals surface area contributed by atoms with E-state index in [9.17, 15) is 13.2 Å². The van der Waals surface area contributed by atoms with Crippen molar-refractivity contribution in [3.8, 4) is 0 Å². The Morgan fingerprint density at radius 2 is 1.75 bits per heavy atom. The van der Waals surface area contributed by atoms with Crippen LogP contribution in [-0.2, 0) is 0 Å². The van der Waals surface area contributed by atoms with E-state index in [4.69, 9.17) is 0 Å². The smallest absolute Gasteiger partial charge is 0.317 e. The van der Waals surface area contributed by atoms with Crippen LogP contribution in [0.25, 0.3) is 0 Å². The summed E-state index contributed by atoms with van der Waals surface area (Å²) in [5.41, 5.74) is 0. The zero-order valence-electron chi connectivity index (χ0n) is 6.66. The molecule has 1 fully saturated rings. The van der Waals surface area contributed by atoms with Crippen molar-refractivity contribution in [3.05, 3.63) is 0 Å². The summed E-state index contributed by atoms with van der Waals surface area (Å²) in [6, 6.07) is 0. The van der Waals surface area contributed by atoms with Crippen molar-refractivity contribution in [2.45, 2.75) is 25.4 Å². The molecule has 0 aromatic heterocycles. The van der Waals surface area contributed by atoms with Crippen molar-refractivity contribution in [2.24, 2.45) is 5.92 Å². The van der Waals surface area contributed by atoms with Gasteiger partial charge in [-0.05, 0) is 32.4 Å². The van der Waals surface area contributed by atoms with Crippen LogP contribution in [0.3, 0.4) is 0 Å². The summed E-state index contributed by atoms with van der Waals surface area (Å²) in [6.45, 7) is 1.23. The van der Waals surface area contributed by atoms with E-state index in [0.29, 0.717) is 13.0 Å². The molecule has 1 N–H and O–H groups in total. The van der Waals surface area contributed by atoms with E-state index in [1.54, 1.807) is 0 Å². The standard InChI is InChI=1S/C7H12F3N.ClH/c8-7(9,10)6-2-1-4-11-5-3-6;/h6,11H,1-5H2;1H. The number of nitrogens with one attached hydrogen (secondary N) is 1. The lowest BCUT2D eigenvalue weighted by Gasteiger charge is -2.16. The Bertz CT molecular complexity index is 118. The summed E-state index contributed by atoms with van der Waals surface area (Å²) in [6.07, 6.45) is -2.81. The highest BCUT2D eigenvalue weighted by Gasteiger charge is 2.38. The summed E-state index contributed by atoms with van der Waals surface area (Å²) in [5, 5.41) is 2.95. The fourth-order valence-corrected chi connectivity index (χ4v) is 1.35. The van der Waals surface area contributed by atoms with Gasteiger partial charge >= 0.3 is 6.18 Å². The molecule has 0 bridgehead atoms. The minimum Gasteiger partial charge on any atom is -0.317 e. The lowest BCUT2D eigenvalue weighted by atomic mass is 10.0. The van der Waals surface area contributed by atoms with Gasteiger partial charge in [0.2, 0.25) is 0 Å². The van der Waals surface area contributed by atoms with Crippen LogP contribution in [0, 0.1) is 5.92 Å². The molecule has 1 nitrogen and oxygen atoms in total. The molecular weight excluding hydrogens is 191 g/mol. The Hall–Kier alpha value is 0.0400. The zero-order chi connectivity index (χ0) is 8.32. The lowest BCUT2D eigenvalue weighted by molar-refractivity contribution is -0.176. The molecular formula is C7H13ClF3N. The van der Waals surface area contributed by atoms with Crippen LogP contribution >= 0.6 is 12.4 Å². The van der Waals surface area contributed by atoms with Crippen molar-refractivity contribution in [1.29, 1.82) is 0 Å². The molecule has 0 radical (unpaired) electrons. The molecule has 1 unspecified atom stereocenters. The third-order valence-corrected chi connectivity index (χ3v) is 2.04. The van der Waals surface area contributed by atoms with Crippen molar-refractivity contribution < 1.29 is 13.2 Å². The molecule has 0 aromatic carbocycles. The van der Waals surface area contributed by atoms with Gasteiger partial charge in [-0.2, -0.15) is 13.2 Å². The van der Waals surface area contributed by atoms with E-state index in [0.717, 1.165) is 6.54 Å². The average molecular weight is 204 g/mol. The summed E-state index contributed by atoms with van der Waals surface area (Å²) in [4.78, 5) is 0. The van der Waals surface area contributed by atoms with Gasteiger partial charge in [0.15, 0.2) is 0 Å². The van der Waals surface area contributed by atoms with Crippen LogP contribution in [0.1, 0.15) is 19.3 Å². The number of hydrogen-bond donors (Lipinski definition) is 1. The quantitative estimate of drug-likeness (QED) is 0.638. The van der Waals surface area contributed by atoms with E-state index in [1.165, 1.54) is 0 Å². The fraction of sp³-hybridized carbons (Fsp3) is 1.00. The van der Waals surface area contributed by atoms with Gasteiger partial charge in [-0.15, -0.1) is 12.4 Å². The van der Waals surface area contributed by atoms with Gasteiger partial charge in [-0.1, -0.05) is 0 Å². The Morgan fingerprint density at radius 1 is 1.08 bits per heavy atom. The van der Waals surface area contributed by atoms with E-state index in [1.807, 2.05) is 0 Å². The molecule has 1 heterocycles. The van der Waals surface area contributed by atoms with E-state index in [2.05, 4.69) is 5.32 Å². The van der Waals surface area contributed by atoms with Crippen molar-refractivity contribution in [1.82, 2.24) is 5.32 Å². The largest absolute Gasteiger partial charge is 0.391 e. The molecule has 1 rings (SSSR count). The maximum absolute atomic E-state index is 12.1. The first kappa shape index (κ1) is 12.0. The van der Waals surface area contributed by atoms with Crippen LogP contribution in [0.4, 0.5) is 13.2 Å². The van der Waals surface area contributed by atoms with Gasteiger partial charge < -0.3 is 5.32 Å². The normalized spacial score (nSPS) is 25.8. The minimum atomic E-state index is -3.98. The SMILES string of the molecule is Cl.FC(F)(F)C1CCCNCC1. The predicted octanol–water partition coefficient (Wildman–Crippen LogP) is 2.36.